The Bertz CT molecular complexity index is 495. The van der Waals surface area contributed by atoms with Crippen LogP contribution in [0.4, 0.5) is 5.69 Å². The van der Waals surface area contributed by atoms with Gasteiger partial charge in [0.1, 0.15) is 11.6 Å². The number of aromatic hydroxyl groups is 1. The first-order valence-electron chi connectivity index (χ1n) is 4.94. The Kier molecular flexibility index (Phi) is 4.96. The van der Waals surface area contributed by atoms with Crippen molar-refractivity contribution in [1.82, 2.24) is 0 Å². The number of aliphatic imine (C=N–C) groups is 1. The lowest BCUT2D eigenvalue weighted by Crippen LogP contribution is -2.12. The van der Waals surface area contributed by atoms with Gasteiger partial charge in [-0.25, -0.2) is 4.99 Å². The van der Waals surface area contributed by atoms with Crippen molar-refractivity contribution in [1.29, 1.82) is 0 Å². The van der Waals surface area contributed by atoms with E-state index in [4.69, 9.17) is 10.8 Å². The van der Waals surface area contributed by atoms with Gasteiger partial charge in [0.25, 0.3) is 0 Å². The van der Waals surface area contributed by atoms with E-state index in [9.17, 15) is 0 Å². The van der Waals surface area contributed by atoms with Crippen molar-refractivity contribution in [3.05, 3.63) is 60.2 Å². The summed E-state index contributed by atoms with van der Waals surface area (Å²) in [5, 5.41) is 9.13. The number of benzene rings is 2. The number of phenolic OH excluding ortho intramolecular Hbond substituents is 1. The smallest absolute Gasteiger partial charge is 0.131 e. The summed E-state index contributed by atoms with van der Waals surface area (Å²) in [7, 11) is 0. The molecule has 0 aromatic heterocycles. The number of amidine groups is 1. The van der Waals surface area contributed by atoms with Gasteiger partial charge in [0.2, 0.25) is 0 Å². The Balaban J connectivity index is 0.00000144. The maximum absolute atomic E-state index is 9.13. The van der Waals surface area contributed by atoms with Crippen LogP contribution in [0, 0.1) is 0 Å². The van der Waals surface area contributed by atoms with Crippen molar-refractivity contribution in [2.45, 2.75) is 0 Å². The van der Waals surface area contributed by atoms with Crippen LogP contribution in [0.3, 0.4) is 0 Å². The zero-order chi connectivity index (χ0) is 11.4. The van der Waals surface area contributed by atoms with Gasteiger partial charge in [-0.3, -0.25) is 0 Å². The average Bonchev–Trinajstić information content (AvgIpc) is 2.33. The highest BCUT2D eigenvalue weighted by molar-refractivity contribution is 14.0. The molecule has 2 rings (SSSR count). The molecule has 0 aliphatic heterocycles. The van der Waals surface area contributed by atoms with E-state index in [1.54, 1.807) is 24.3 Å². The molecule has 0 bridgehead atoms. The van der Waals surface area contributed by atoms with Crippen molar-refractivity contribution in [2.75, 3.05) is 0 Å². The van der Waals surface area contributed by atoms with E-state index < -0.39 is 0 Å². The van der Waals surface area contributed by atoms with Gasteiger partial charge in [-0.15, -0.1) is 24.0 Å². The third-order valence-electron chi connectivity index (χ3n) is 2.17. The second-order valence-electron chi connectivity index (χ2n) is 3.38. The van der Waals surface area contributed by atoms with Gasteiger partial charge in [-0.1, -0.05) is 30.3 Å². The summed E-state index contributed by atoms with van der Waals surface area (Å²) in [6, 6.07) is 16.1. The predicted molar refractivity (Wildman–Crippen MR) is 80.3 cm³/mol. The third-order valence-corrected chi connectivity index (χ3v) is 2.17. The largest absolute Gasteiger partial charge is 0.508 e. The van der Waals surface area contributed by atoms with Crippen molar-refractivity contribution < 1.29 is 5.11 Å². The molecular formula is C13H13IN2O. The molecule has 0 saturated carbocycles. The fourth-order valence-corrected chi connectivity index (χ4v) is 1.34. The number of hydrogen-bond donors (Lipinski definition) is 2. The first kappa shape index (κ1) is 13.5. The number of halogens is 1. The summed E-state index contributed by atoms with van der Waals surface area (Å²) in [4.78, 5) is 4.25. The second kappa shape index (κ2) is 6.24. The quantitative estimate of drug-likeness (QED) is 0.502. The summed E-state index contributed by atoms with van der Waals surface area (Å²) in [6.07, 6.45) is 0. The molecule has 0 saturated heterocycles. The van der Waals surface area contributed by atoms with Gasteiger partial charge >= 0.3 is 0 Å². The van der Waals surface area contributed by atoms with Crippen molar-refractivity contribution in [3.8, 4) is 5.75 Å². The minimum Gasteiger partial charge on any atom is -0.508 e. The van der Waals surface area contributed by atoms with E-state index in [-0.39, 0.29) is 29.7 Å². The summed E-state index contributed by atoms with van der Waals surface area (Å²) in [5.74, 6) is 0.684. The molecule has 0 heterocycles. The molecule has 0 radical (unpaired) electrons. The molecule has 0 aliphatic carbocycles. The maximum Gasteiger partial charge on any atom is 0.131 e. The van der Waals surface area contributed by atoms with Gasteiger partial charge in [-0.2, -0.15) is 0 Å². The van der Waals surface area contributed by atoms with Crippen molar-refractivity contribution in [3.63, 3.8) is 0 Å². The molecule has 0 spiro atoms. The lowest BCUT2D eigenvalue weighted by molar-refractivity contribution is 0.475. The molecular weight excluding hydrogens is 327 g/mol. The van der Waals surface area contributed by atoms with Gasteiger partial charge in [0, 0.05) is 5.56 Å². The average molecular weight is 340 g/mol. The van der Waals surface area contributed by atoms with Crippen LogP contribution in [-0.4, -0.2) is 10.9 Å². The SMILES string of the molecule is I.NC(=Nc1ccc(O)cc1)c1ccccc1. The number of nitrogens with zero attached hydrogens (tertiary/aromatic N) is 1. The van der Waals surface area contributed by atoms with Crippen LogP contribution >= 0.6 is 24.0 Å². The van der Waals surface area contributed by atoms with Crippen LogP contribution in [0.5, 0.6) is 5.75 Å². The van der Waals surface area contributed by atoms with E-state index in [1.165, 1.54) is 0 Å². The number of hydrogen-bond acceptors (Lipinski definition) is 2. The summed E-state index contributed by atoms with van der Waals surface area (Å²) in [6.45, 7) is 0. The normalized spacial score (nSPS) is 10.7. The molecule has 0 atom stereocenters. The van der Waals surface area contributed by atoms with Crippen LogP contribution in [0.25, 0.3) is 0 Å². The second-order valence-corrected chi connectivity index (χ2v) is 3.38. The topological polar surface area (TPSA) is 58.6 Å². The lowest BCUT2D eigenvalue weighted by Gasteiger charge is -2.00. The number of rotatable bonds is 2. The number of phenols is 1. The molecule has 0 aliphatic rings. The molecule has 88 valence electrons. The minimum atomic E-state index is 0. The van der Waals surface area contributed by atoms with E-state index >= 15 is 0 Å². The number of nitrogens with two attached hydrogens (primary N) is 1. The van der Waals surface area contributed by atoms with E-state index in [2.05, 4.69) is 4.99 Å². The van der Waals surface area contributed by atoms with Crippen LogP contribution in [-0.2, 0) is 0 Å². The van der Waals surface area contributed by atoms with Crippen LogP contribution < -0.4 is 5.73 Å². The van der Waals surface area contributed by atoms with Gasteiger partial charge in [-0.05, 0) is 24.3 Å². The molecule has 17 heavy (non-hydrogen) atoms. The minimum absolute atomic E-state index is 0. The van der Waals surface area contributed by atoms with Gasteiger partial charge in [0.15, 0.2) is 0 Å². The monoisotopic (exact) mass is 340 g/mol. The van der Waals surface area contributed by atoms with Crippen molar-refractivity contribution >= 4 is 35.5 Å². The van der Waals surface area contributed by atoms with Crippen molar-refractivity contribution in [2.24, 2.45) is 10.7 Å². The molecule has 3 nitrogen and oxygen atoms in total. The Morgan fingerprint density at radius 3 is 2.12 bits per heavy atom. The first-order valence-corrected chi connectivity index (χ1v) is 4.94. The van der Waals surface area contributed by atoms with E-state index in [1.807, 2.05) is 30.3 Å². The highest BCUT2D eigenvalue weighted by Gasteiger charge is 1.97. The lowest BCUT2D eigenvalue weighted by atomic mass is 10.2. The molecule has 4 heteroatoms. The zero-order valence-electron chi connectivity index (χ0n) is 9.08. The highest BCUT2D eigenvalue weighted by Crippen LogP contribution is 2.17. The maximum atomic E-state index is 9.13. The first-order chi connectivity index (χ1) is 7.75. The molecule has 3 N–H and O–H groups in total. The summed E-state index contributed by atoms with van der Waals surface area (Å²) < 4.78 is 0. The van der Waals surface area contributed by atoms with Gasteiger partial charge < -0.3 is 10.8 Å². The standard InChI is InChI=1S/C13H12N2O.HI/c14-13(10-4-2-1-3-5-10)15-11-6-8-12(16)9-7-11;/h1-9,16H,(H2,14,15);1H. The molecule has 0 fully saturated rings. The predicted octanol–water partition coefficient (Wildman–Crippen LogP) is 3.05. The summed E-state index contributed by atoms with van der Waals surface area (Å²) >= 11 is 0. The fraction of sp³-hybridized carbons (Fsp3) is 0. The van der Waals surface area contributed by atoms with Crippen LogP contribution in [0.1, 0.15) is 5.56 Å². The van der Waals surface area contributed by atoms with E-state index in [0.717, 1.165) is 11.3 Å². The Labute approximate surface area is 117 Å². The van der Waals surface area contributed by atoms with Crippen LogP contribution in [0.2, 0.25) is 0 Å². The molecule has 0 unspecified atom stereocenters. The third kappa shape index (κ3) is 3.74. The molecule has 2 aromatic carbocycles. The Morgan fingerprint density at radius 1 is 0.941 bits per heavy atom. The Morgan fingerprint density at radius 2 is 1.53 bits per heavy atom. The summed E-state index contributed by atoms with van der Waals surface area (Å²) in [5.41, 5.74) is 7.46. The molecule has 0 amide bonds. The zero-order valence-corrected chi connectivity index (χ0v) is 11.4. The van der Waals surface area contributed by atoms with Crippen LogP contribution in [0.15, 0.2) is 59.6 Å². The van der Waals surface area contributed by atoms with E-state index in [0.29, 0.717) is 5.84 Å². The highest BCUT2D eigenvalue weighted by atomic mass is 127. The fourth-order valence-electron chi connectivity index (χ4n) is 1.34. The Hall–Kier alpha value is -1.56. The van der Waals surface area contributed by atoms with Gasteiger partial charge in [0.05, 0.1) is 5.69 Å². The molecule has 2 aromatic rings.